The van der Waals surface area contributed by atoms with Crippen molar-refractivity contribution in [2.45, 2.75) is 6.54 Å². The Morgan fingerprint density at radius 3 is 2.92 bits per heavy atom. The molecule has 0 unspecified atom stereocenters. The number of methoxy groups -OCH3 is 2. The molecule has 0 aliphatic heterocycles. The zero-order valence-corrected chi connectivity index (χ0v) is 13.8. The van der Waals surface area contributed by atoms with Crippen LogP contribution in [0.5, 0.6) is 11.5 Å². The van der Waals surface area contributed by atoms with Gasteiger partial charge < -0.3 is 14.8 Å². The second kappa shape index (κ2) is 7.04. The summed E-state index contributed by atoms with van der Waals surface area (Å²) < 4.78 is 11.9. The second-order valence-electron chi connectivity index (χ2n) is 4.66. The third-order valence-electron chi connectivity index (χ3n) is 3.13. The number of amides is 1. The molecule has 9 nitrogen and oxygen atoms in total. The zero-order valence-electron chi connectivity index (χ0n) is 13.0. The highest BCUT2D eigenvalue weighted by Gasteiger charge is 2.13. The first-order valence-electron chi connectivity index (χ1n) is 6.88. The van der Waals surface area contributed by atoms with E-state index in [0.29, 0.717) is 22.3 Å². The first-order valence-corrected chi connectivity index (χ1v) is 7.76. The summed E-state index contributed by atoms with van der Waals surface area (Å²) in [7, 11) is 3.18. The number of rotatable bonds is 6. The maximum absolute atomic E-state index is 11.9. The van der Waals surface area contributed by atoms with E-state index in [0.717, 1.165) is 5.56 Å². The minimum Gasteiger partial charge on any atom is -0.497 e. The Morgan fingerprint density at radius 1 is 1.33 bits per heavy atom. The van der Waals surface area contributed by atoms with Gasteiger partial charge in [-0.3, -0.25) is 4.79 Å². The fourth-order valence-corrected chi connectivity index (χ4v) is 2.75. The Labute approximate surface area is 141 Å². The molecule has 0 aliphatic carbocycles. The summed E-state index contributed by atoms with van der Waals surface area (Å²) in [5, 5.41) is 15.6. The van der Waals surface area contributed by atoms with Crippen molar-refractivity contribution in [3.05, 3.63) is 29.9 Å². The van der Waals surface area contributed by atoms with Gasteiger partial charge in [-0.2, -0.15) is 0 Å². The van der Waals surface area contributed by atoms with Crippen LogP contribution in [0, 0.1) is 0 Å². The number of benzene rings is 1. The molecule has 1 N–H and O–H groups in total. The van der Waals surface area contributed by atoms with Crippen molar-refractivity contribution in [1.29, 1.82) is 0 Å². The van der Waals surface area contributed by atoms with E-state index in [4.69, 9.17) is 9.47 Å². The zero-order chi connectivity index (χ0) is 16.9. The number of nitrogens with zero attached hydrogens (tertiary/aromatic N) is 5. The maximum atomic E-state index is 11.9. The van der Waals surface area contributed by atoms with Crippen LogP contribution in [-0.4, -0.2) is 45.3 Å². The van der Waals surface area contributed by atoms with Gasteiger partial charge in [0.05, 0.1) is 19.9 Å². The SMILES string of the molecule is COc1ccc(OC)c(-c2csc(NC(=O)Cn3cnnn3)n2)c1. The highest BCUT2D eigenvalue weighted by molar-refractivity contribution is 7.14. The van der Waals surface area contributed by atoms with Crippen LogP contribution in [0.1, 0.15) is 0 Å². The third kappa shape index (κ3) is 3.49. The fourth-order valence-electron chi connectivity index (χ4n) is 2.03. The van der Waals surface area contributed by atoms with Crippen LogP contribution in [0.4, 0.5) is 5.13 Å². The van der Waals surface area contributed by atoms with Gasteiger partial charge >= 0.3 is 0 Å². The Morgan fingerprint density at radius 2 is 2.21 bits per heavy atom. The average Bonchev–Trinajstić information content (AvgIpc) is 3.26. The summed E-state index contributed by atoms with van der Waals surface area (Å²) in [6.45, 7) is 0.0182. The summed E-state index contributed by atoms with van der Waals surface area (Å²) in [4.78, 5) is 16.4. The van der Waals surface area contributed by atoms with Crippen molar-refractivity contribution in [3.63, 3.8) is 0 Å². The van der Waals surface area contributed by atoms with Gasteiger partial charge in [0.2, 0.25) is 5.91 Å². The molecule has 0 radical (unpaired) electrons. The molecule has 24 heavy (non-hydrogen) atoms. The Hall–Kier alpha value is -3.01. The van der Waals surface area contributed by atoms with Crippen molar-refractivity contribution in [2.24, 2.45) is 0 Å². The first-order chi connectivity index (χ1) is 11.7. The monoisotopic (exact) mass is 346 g/mol. The number of thiazole rings is 1. The summed E-state index contributed by atoms with van der Waals surface area (Å²) in [6.07, 6.45) is 1.37. The second-order valence-corrected chi connectivity index (χ2v) is 5.52. The first kappa shape index (κ1) is 15.9. The normalized spacial score (nSPS) is 10.4. The molecule has 0 spiro atoms. The number of tetrazole rings is 1. The minimum atomic E-state index is -0.263. The van der Waals surface area contributed by atoms with Gasteiger partial charge in [0, 0.05) is 10.9 Å². The lowest BCUT2D eigenvalue weighted by atomic mass is 10.1. The predicted molar refractivity (Wildman–Crippen MR) is 87.1 cm³/mol. The molecule has 0 fully saturated rings. The van der Waals surface area contributed by atoms with E-state index in [1.165, 1.54) is 22.3 Å². The van der Waals surface area contributed by atoms with E-state index in [9.17, 15) is 4.79 Å². The van der Waals surface area contributed by atoms with E-state index in [2.05, 4.69) is 25.8 Å². The van der Waals surface area contributed by atoms with Crippen molar-refractivity contribution in [2.75, 3.05) is 19.5 Å². The number of hydrogen-bond donors (Lipinski definition) is 1. The molecular formula is C14H14N6O3S. The smallest absolute Gasteiger partial charge is 0.248 e. The number of anilines is 1. The third-order valence-corrected chi connectivity index (χ3v) is 3.89. The Kier molecular flexibility index (Phi) is 4.66. The molecular weight excluding hydrogens is 332 g/mol. The minimum absolute atomic E-state index is 0.0182. The standard InChI is InChI=1S/C14H14N6O3S/c1-22-9-3-4-12(23-2)10(5-9)11-7-24-14(16-11)17-13(21)6-20-8-15-18-19-20/h3-5,7-8H,6H2,1-2H3,(H,16,17,21). The summed E-state index contributed by atoms with van der Waals surface area (Å²) >= 11 is 1.32. The van der Waals surface area contributed by atoms with E-state index in [1.807, 2.05) is 23.6 Å². The number of hydrogen-bond acceptors (Lipinski definition) is 8. The molecule has 3 rings (SSSR count). The number of aromatic nitrogens is 5. The fraction of sp³-hybridized carbons (Fsp3) is 0.214. The van der Waals surface area contributed by atoms with Crippen LogP contribution in [0.25, 0.3) is 11.3 Å². The van der Waals surface area contributed by atoms with Crippen molar-refractivity contribution in [1.82, 2.24) is 25.2 Å². The van der Waals surface area contributed by atoms with Crippen LogP contribution in [0.3, 0.4) is 0 Å². The molecule has 0 aliphatic rings. The number of ether oxygens (including phenoxy) is 2. The maximum Gasteiger partial charge on any atom is 0.248 e. The predicted octanol–water partition coefficient (Wildman–Crippen LogP) is 1.45. The van der Waals surface area contributed by atoms with Gasteiger partial charge in [0.1, 0.15) is 24.4 Å². The molecule has 2 heterocycles. The van der Waals surface area contributed by atoms with Crippen LogP contribution in [0.2, 0.25) is 0 Å². The van der Waals surface area contributed by atoms with E-state index >= 15 is 0 Å². The topological polar surface area (TPSA) is 104 Å². The average molecular weight is 346 g/mol. The largest absolute Gasteiger partial charge is 0.497 e. The summed E-state index contributed by atoms with van der Waals surface area (Å²) in [5.41, 5.74) is 1.47. The number of carbonyl (C=O) groups excluding carboxylic acids is 1. The molecule has 124 valence electrons. The van der Waals surface area contributed by atoms with Crippen molar-refractivity contribution < 1.29 is 14.3 Å². The molecule has 1 aromatic carbocycles. The number of nitrogens with one attached hydrogen (secondary N) is 1. The van der Waals surface area contributed by atoms with Gasteiger partial charge in [-0.15, -0.1) is 16.4 Å². The van der Waals surface area contributed by atoms with Gasteiger partial charge in [-0.25, -0.2) is 9.67 Å². The van der Waals surface area contributed by atoms with Gasteiger partial charge in [-0.05, 0) is 28.6 Å². The molecule has 0 saturated heterocycles. The van der Waals surface area contributed by atoms with Gasteiger partial charge in [0.25, 0.3) is 0 Å². The lowest BCUT2D eigenvalue weighted by Gasteiger charge is -2.08. The summed E-state index contributed by atoms with van der Waals surface area (Å²) in [5.74, 6) is 1.11. The van der Waals surface area contributed by atoms with Crippen LogP contribution >= 0.6 is 11.3 Å². The van der Waals surface area contributed by atoms with Gasteiger partial charge in [-0.1, -0.05) is 0 Å². The lowest BCUT2D eigenvalue weighted by molar-refractivity contribution is -0.116. The molecule has 0 saturated carbocycles. The molecule has 10 heteroatoms. The van der Waals surface area contributed by atoms with Crippen LogP contribution < -0.4 is 14.8 Å². The lowest BCUT2D eigenvalue weighted by Crippen LogP contribution is -2.19. The van der Waals surface area contributed by atoms with E-state index in [1.54, 1.807) is 14.2 Å². The highest BCUT2D eigenvalue weighted by atomic mass is 32.1. The molecule has 2 aromatic heterocycles. The molecule has 3 aromatic rings. The molecule has 1 amide bonds. The van der Waals surface area contributed by atoms with E-state index in [-0.39, 0.29) is 12.5 Å². The Balaban J connectivity index is 1.77. The molecule has 0 atom stereocenters. The van der Waals surface area contributed by atoms with Crippen molar-refractivity contribution in [3.8, 4) is 22.8 Å². The van der Waals surface area contributed by atoms with Gasteiger partial charge in [0.15, 0.2) is 5.13 Å². The van der Waals surface area contributed by atoms with Crippen LogP contribution in [-0.2, 0) is 11.3 Å². The Bertz CT molecular complexity index is 833. The summed E-state index contributed by atoms with van der Waals surface area (Å²) in [6, 6.07) is 5.45. The van der Waals surface area contributed by atoms with Crippen molar-refractivity contribution >= 4 is 22.4 Å². The highest BCUT2D eigenvalue weighted by Crippen LogP contribution is 2.34. The van der Waals surface area contributed by atoms with Crippen LogP contribution in [0.15, 0.2) is 29.9 Å². The quantitative estimate of drug-likeness (QED) is 0.720. The van der Waals surface area contributed by atoms with E-state index < -0.39 is 0 Å². The molecule has 0 bridgehead atoms. The number of carbonyl (C=O) groups is 1.